The zero-order valence-electron chi connectivity index (χ0n) is 10.3. The summed E-state index contributed by atoms with van der Waals surface area (Å²) < 4.78 is 1.04. The third-order valence-electron chi connectivity index (χ3n) is 3.68. The standard InChI is InChI=1S/C13H20BrN3/c1-10-4-5-17(8-11(10)6-15)9-13-3-2-12(14)7-16-13/h2-3,7,10-11H,4-6,8-9,15H2,1H3. The summed E-state index contributed by atoms with van der Waals surface area (Å²) in [5, 5.41) is 0. The number of pyridine rings is 1. The molecule has 0 spiro atoms. The molecule has 0 amide bonds. The van der Waals surface area contributed by atoms with Gasteiger partial charge in [-0.15, -0.1) is 0 Å². The van der Waals surface area contributed by atoms with Gasteiger partial charge in [0.15, 0.2) is 0 Å². The Morgan fingerprint density at radius 1 is 1.53 bits per heavy atom. The molecule has 94 valence electrons. The fourth-order valence-electron chi connectivity index (χ4n) is 2.40. The molecular formula is C13H20BrN3. The van der Waals surface area contributed by atoms with Crippen LogP contribution in [0.15, 0.2) is 22.8 Å². The van der Waals surface area contributed by atoms with E-state index in [-0.39, 0.29) is 0 Å². The van der Waals surface area contributed by atoms with Gasteiger partial charge >= 0.3 is 0 Å². The molecular weight excluding hydrogens is 278 g/mol. The van der Waals surface area contributed by atoms with E-state index in [9.17, 15) is 0 Å². The van der Waals surface area contributed by atoms with Gasteiger partial charge in [-0.1, -0.05) is 6.92 Å². The number of aromatic nitrogens is 1. The number of rotatable bonds is 3. The summed E-state index contributed by atoms with van der Waals surface area (Å²) in [6, 6.07) is 4.13. The Hall–Kier alpha value is -0.450. The van der Waals surface area contributed by atoms with Gasteiger partial charge in [0.05, 0.1) is 5.69 Å². The molecule has 1 aromatic rings. The lowest BCUT2D eigenvalue weighted by Crippen LogP contribution is -2.42. The van der Waals surface area contributed by atoms with Gasteiger partial charge < -0.3 is 5.73 Å². The number of nitrogens with zero attached hydrogens (tertiary/aromatic N) is 2. The number of piperidine rings is 1. The van der Waals surface area contributed by atoms with E-state index >= 15 is 0 Å². The van der Waals surface area contributed by atoms with Gasteiger partial charge in [0.1, 0.15) is 0 Å². The van der Waals surface area contributed by atoms with Crippen molar-refractivity contribution in [3.8, 4) is 0 Å². The summed E-state index contributed by atoms with van der Waals surface area (Å²) in [5.74, 6) is 1.40. The second-order valence-corrected chi connectivity index (χ2v) is 5.88. The monoisotopic (exact) mass is 297 g/mol. The second-order valence-electron chi connectivity index (χ2n) is 4.96. The van der Waals surface area contributed by atoms with Crippen LogP contribution < -0.4 is 5.73 Å². The molecule has 0 aromatic carbocycles. The van der Waals surface area contributed by atoms with E-state index in [0.717, 1.165) is 42.3 Å². The normalized spacial score (nSPS) is 26.1. The minimum Gasteiger partial charge on any atom is -0.330 e. The van der Waals surface area contributed by atoms with Gasteiger partial charge in [-0.2, -0.15) is 0 Å². The summed E-state index contributed by atoms with van der Waals surface area (Å²) in [5.41, 5.74) is 6.96. The van der Waals surface area contributed by atoms with Crippen molar-refractivity contribution in [1.82, 2.24) is 9.88 Å². The van der Waals surface area contributed by atoms with Crippen LogP contribution in [0, 0.1) is 11.8 Å². The van der Waals surface area contributed by atoms with Crippen LogP contribution in [0.5, 0.6) is 0 Å². The summed E-state index contributed by atoms with van der Waals surface area (Å²) in [7, 11) is 0. The molecule has 0 saturated carbocycles. The first-order chi connectivity index (χ1) is 8.19. The molecule has 2 heterocycles. The fourth-order valence-corrected chi connectivity index (χ4v) is 2.64. The van der Waals surface area contributed by atoms with Crippen LogP contribution in [-0.2, 0) is 6.54 Å². The zero-order chi connectivity index (χ0) is 12.3. The highest BCUT2D eigenvalue weighted by atomic mass is 79.9. The SMILES string of the molecule is CC1CCN(Cc2ccc(Br)cn2)CC1CN. The van der Waals surface area contributed by atoms with Gasteiger partial charge in [0.2, 0.25) is 0 Å². The van der Waals surface area contributed by atoms with Crippen LogP contribution in [0.4, 0.5) is 0 Å². The Bertz CT molecular complexity index is 352. The molecule has 1 aliphatic heterocycles. The Kier molecular flexibility index (Phi) is 4.54. The van der Waals surface area contributed by atoms with E-state index in [1.54, 1.807) is 0 Å². The molecule has 1 aromatic heterocycles. The van der Waals surface area contributed by atoms with E-state index in [0.29, 0.717) is 5.92 Å². The lowest BCUT2D eigenvalue weighted by molar-refractivity contribution is 0.125. The largest absolute Gasteiger partial charge is 0.330 e. The molecule has 0 bridgehead atoms. The summed E-state index contributed by atoms with van der Waals surface area (Å²) in [6.45, 7) is 6.32. The topological polar surface area (TPSA) is 42.2 Å². The summed E-state index contributed by atoms with van der Waals surface area (Å²) in [4.78, 5) is 6.89. The predicted molar refractivity (Wildman–Crippen MR) is 73.5 cm³/mol. The maximum absolute atomic E-state index is 5.82. The first-order valence-corrected chi connectivity index (χ1v) is 7.01. The van der Waals surface area contributed by atoms with Crippen LogP contribution in [0.2, 0.25) is 0 Å². The van der Waals surface area contributed by atoms with Crippen molar-refractivity contribution in [1.29, 1.82) is 0 Å². The molecule has 2 N–H and O–H groups in total. The highest BCUT2D eigenvalue weighted by Gasteiger charge is 2.24. The Morgan fingerprint density at radius 2 is 2.35 bits per heavy atom. The first-order valence-electron chi connectivity index (χ1n) is 6.22. The van der Waals surface area contributed by atoms with Gasteiger partial charge in [0, 0.05) is 23.8 Å². The fraction of sp³-hybridized carbons (Fsp3) is 0.615. The third kappa shape index (κ3) is 3.50. The maximum atomic E-state index is 5.82. The molecule has 0 aliphatic carbocycles. The Balaban J connectivity index is 1.93. The van der Waals surface area contributed by atoms with Gasteiger partial charge in [-0.3, -0.25) is 9.88 Å². The smallest absolute Gasteiger partial charge is 0.0544 e. The molecule has 2 unspecified atom stereocenters. The van der Waals surface area contributed by atoms with Gasteiger partial charge in [0.25, 0.3) is 0 Å². The molecule has 1 fully saturated rings. The van der Waals surface area contributed by atoms with Gasteiger partial charge in [-0.25, -0.2) is 0 Å². The van der Waals surface area contributed by atoms with Crippen LogP contribution >= 0.6 is 15.9 Å². The number of hydrogen-bond acceptors (Lipinski definition) is 3. The quantitative estimate of drug-likeness (QED) is 0.931. The average Bonchev–Trinajstić information content (AvgIpc) is 2.34. The lowest BCUT2D eigenvalue weighted by atomic mass is 9.87. The van der Waals surface area contributed by atoms with Crippen LogP contribution in [0.25, 0.3) is 0 Å². The predicted octanol–water partition coefficient (Wildman–Crippen LogP) is 2.26. The second kappa shape index (κ2) is 5.94. The van der Waals surface area contributed by atoms with Crippen molar-refractivity contribution in [3.05, 3.63) is 28.5 Å². The van der Waals surface area contributed by atoms with E-state index in [1.165, 1.54) is 6.42 Å². The number of nitrogens with two attached hydrogens (primary N) is 1. The minimum absolute atomic E-state index is 0.638. The van der Waals surface area contributed by atoms with Crippen molar-refractivity contribution >= 4 is 15.9 Å². The van der Waals surface area contributed by atoms with Crippen molar-refractivity contribution in [2.75, 3.05) is 19.6 Å². The van der Waals surface area contributed by atoms with Crippen LogP contribution in [0.3, 0.4) is 0 Å². The third-order valence-corrected chi connectivity index (χ3v) is 4.14. The van der Waals surface area contributed by atoms with Crippen LogP contribution in [-0.4, -0.2) is 29.5 Å². The summed E-state index contributed by atoms with van der Waals surface area (Å²) >= 11 is 3.41. The van der Waals surface area contributed by atoms with Crippen molar-refractivity contribution in [3.63, 3.8) is 0 Å². The van der Waals surface area contributed by atoms with Gasteiger partial charge in [-0.05, 0) is 59.4 Å². The molecule has 17 heavy (non-hydrogen) atoms. The number of hydrogen-bond donors (Lipinski definition) is 1. The molecule has 1 saturated heterocycles. The van der Waals surface area contributed by atoms with E-state index in [2.05, 4.69) is 44.9 Å². The van der Waals surface area contributed by atoms with Crippen molar-refractivity contribution in [2.24, 2.45) is 17.6 Å². The maximum Gasteiger partial charge on any atom is 0.0544 e. The lowest BCUT2D eigenvalue weighted by Gasteiger charge is -2.36. The number of halogens is 1. The van der Waals surface area contributed by atoms with Crippen LogP contribution in [0.1, 0.15) is 19.0 Å². The Morgan fingerprint density at radius 3 is 3.00 bits per heavy atom. The molecule has 3 nitrogen and oxygen atoms in total. The first kappa shape index (κ1) is 13.0. The van der Waals surface area contributed by atoms with Crippen molar-refractivity contribution in [2.45, 2.75) is 19.9 Å². The zero-order valence-corrected chi connectivity index (χ0v) is 11.9. The molecule has 2 atom stereocenters. The highest BCUT2D eigenvalue weighted by molar-refractivity contribution is 9.10. The summed E-state index contributed by atoms with van der Waals surface area (Å²) in [6.07, 6.45) is 3.11. The highest BCUT2D eigenvalue weighted by Crippen LogP contribution is 2.23. The number of likely N-dealkylation sites (tertiary alicyclic amines) is 1. The van der Waals surface area contributed by atoms with E-state index in [1.807, 2.05) is 6.20 Å². The molecule has 2 rings (SSSR count). The molecule has 0 radical (unpaired) electrons. The van der Waals surface area contributed by atoms with E-state index in [4.69, 9.17) is 5.73 Å². The molecule has 1 aliphatic rings. The average molecular weight is 298 g/mol. The molecule has 4 heteroatoms. The minimum atomic E-state index is 0.638. The van der Waals surface area contributed by atoms with E-state index < -0.39 is 0 Å². The Labute approximate surface area is 112 Å². The van der Waals surface area contributed by atoms with Crippen molar-refractivity contribution < 1.29 is 0 Å².